The fourth-order valence-electron chi connectivity index (χ4n) is 1.58. The van der Waals surface area contributed by atoms with E-state index in [0.29, 0.717) is 11.4 Å². The number of ether oxygens (including phenoxy) is 1. The first-order valence-corrected chi connectivity index (χ1v) is 7.55. The number of nitrogens with one attached hydrogen (secondary N) is 1. The molecule has 0 heterocycles. The van der Waals surface area contributed by atoms with E-state index in [1.807, 2.05) is 0 Å². The third-order valence-corrected chi connectivity index (χ3v) is 4.10. The van der Waals surface area contributed by atoms with E-state index in [0.717, 1.165) is 12.8 Å². The van der Waals surface area contributed by atoms with Crippen LogP contribution in [-0.4, -0.2) is 31.9 Å². The monoisotopic (exact) mass is 285 g/mol. The molecule has 104 valence electrons. The van der Waals surface area contributed by atoms with Crippen LogP contribution < -0.4 is 9.46 Å². The first kappa shape index (κ1) is 13.7. The number of aliphatic carboxylic acids is 1. The molecule has 0 spiro atoms. The molecule has 0 bridgehead atoms. The molecule has 1 aliphatic carbocycles. The Morgan fingerprint density at radius 1 is 1.32 bits per heavy atom. The van der Waals surface area contributed by atoms with Crippen LogP contribution in [0.4, 0.5) is 5.69 Å². The number of hydrogen-bond acceptors (Lipinski definition) is 4. The minimum atomic E-state index is -3.29. The van der Waals surface area contributed by atoms with Crippen LogP contribution >= 0.6 is 0 Å². The van der Waals surface area contributed by atoms with Crippen molar-refractivity contribution in [2.45, 2.75) is 12.8 Å². The highest BCUT2D eigenvalue weighted by molar-refractivity contribution is 7.92. The first-order valence-electron chi connectivity index (χ1n) is 5.90. The molecule has 0 unspecified atom stereocenters. The number of benzene rings is 1. The number of carboxylic acid groups (broad SMARTS) is 1. The highest BCUT2D eigenvalue weighted by atomic mass is 32.2. The van der Waals surface area contributed by atoms with Crippen LogP contribution in [0.1, 0.15) is 12.8 Å². The molecule has 1 aliphatic rings. The lowest BCUT2D eigenvalue weighted by Crippen LogP contribution is -2.17. The summed E-state index contributed by atoms with van der Waals surface area (Å²) in [6.07, 6.45) is 1.95. The summed E-state index contributed by atoms with van der Waals surface area (Å²) in [7, 11) is -3.29. The second kappa shape index (κ2) is 5.48. The molecular formula is C12H15NO5S. The van der Waals surface area contributed by atoms with E-state index in [-0.39, 0.29) is 11.7 Å². The lowest BCUT2D eigenvalue weighted by molar-refractivity contribution is -0.139. The maximum Gasteiger partial charge on any atom is 0.341 e. The molecule has 19 heavy (non-hydrogen) atoms. The summed E-state index contributed by atoms with van der Waals surface area (Å²) < 4.78 is 30.9. The summed E-state index contributed by atoms with van der Waals surface area (Å²) >= 11 is 0. The predicted molar refractivity (Wildman–Crippen MR) is 69.7 cm³/mol. The van der Waals surface area contributed by atoms with Gasteiger partial charge in [-0.3, -0.25) is 4.72 Å². The van der Waals surface area contributed by atoms with E-state index in [1.54, 1.807) is 12.1 Å². The summed E-state index contributed by atoms with van der Waals surface area (Å²) in [4.78, 5) is 10.3. The standard InChI is InChI=1S/C12H15NO5S/c14-12(15)7-18-11-5-3-10(4-6-11)13-19(16,17)8-9-1-2-9/h3-6,9,13H,1-2,7-8H2,(H,14,15). The molecule has 0 aliphatic heterocycles. The van der Waals surface area contributed by atoms with Crippen molar-refractivity contribution in [3.63, 3.8) is 0 Å². The Bertz CT molecular complexity index is 548. The SMILES string of the molecule is O=C(O)COc1ccc(NS(=O)(=O)CC2CC2)cc1. The van der Waals surface area contributed by atoms with E-state index in [4.69, 9.17) is 9.84 Å². The summed E-state index contributed by atoms with van der Waals surface area (Å²) in [5.74, 6) is -0.234. The lowest BCUT2D eigenvalue weighted by Gasteiger charge is -2.08. The van der Waals surface area contributed by atoms with Gasteiger partial charge in [-0.25, -0.2) is 13.2 Å². The van der Waals surface area contributed by atoms with Crippen LogP contribution in [0.2, 0.25) is 0 Å². The maximum atomic E-state index is 11.7. The number of hydrogen-bond donors (Lipinski definition) is 2. The lowest BCUT2D eigenvalue weighted by atomic mass is 10.3. The van der Waals surface area contributed by atoms with Gasteiger partial charge in [0.05, 0.1) is 5.75 Å². The third-order valence-electron chi connectivity index (χ3n) is 2.64. The molecule has 1 aromatic carbocycles. The van der Waals surface area contributed by atoms with Gasteiger partial charge in [0.2, 0.25) is 10.0 Å². The van der Waals surface area contributed by atoms with Crippen molar-refractivity contribution < 1.29 is 23.1 Å². The zero-order chi connectivity index (χ0) is 13.9. The number of rotatable bonds is 7. The minimum absolute atomic E-state index is 0.157. The predicted octanol–water partition coefficient (Wildman–Crippen LogP) is 1.30. The first-order chi connectivity index (χ1) is 8.94. The van der Waals surface area contributed by atoms with Crippen LogP contribution in [0.5, 0.6) is 5.75 Å². The molecule has 0 atom stereocenters. The number of carboxylic acids is 1. The molecule has 0 saturated heterocycles. The number of anilines is 1. The molecular weight excluding hydrogens is 270 g/mol. The molecule has 0 amide bonds. The van der Waals surface area contributed by atoms with E-state index in [2.05, 4.69) is 4.72 Å². The highest BCUT2D eigenvalue weighted by Crippen LogP contribution is 2.30. The minimum Gasteiger partial charge on any atom is -0.482 e. The fraction of sp³-hybridized carbons (Fsp3) is 0.417. The van der Waals surface area contributed by atoms with Crippen LogP contribution in [0.15, 0.2) is 24.3 Å². The quantitative estimate of drug-likeness (QED) is 0.787. The van der Waals surface area contributed by atoms with Crippen LogP contribution in [0.25, 0.3) is 0 Å². The Morgan fingerprint density at radius 2 is 1.95 bits per heavy atom. The second-order valence-electron chi connectivity index (χ2n) is 4.53. The Kier molecular flexibility index (Phi) is 3.94. The van der Waals surface area contributed by atoms with Crippen molar-refractivity contribution in [3.8, 4) is 5.75 Å². The van der Waals surface area contributed by atoms with Crippen LogP contribution in [0.3, 0.4) is 0 Å². The smallest absolute Gasteiger partial charge is 0.341 e. The van der Waals surface area contributed by atoms with Crippen LogP contribution in [-0.2, 0) is 14.8 Å². The van der Waals surface area contributed by atoms with Crippen molar-refractivity contribution in [1.82, 2.24) is 0 Å². The molecule has 0 radical (unpaired) electrons. The molecule has 6 nitrogen and oxygen atoms in total. The third kappa shape index (κ3) is 4.78. The van der Waals surface area contributed by atoms with Gasteiger partial charge in [0, 0.05) is 5.69 Å². The number of carbonyl (C=O) groups is 1. The largest absolute Gasteiger partial charge is 0.482 e. The maximum absolute atomic E-state index is 11.7. The average molecular weight is 285 g/mol. The molecule has 7 heteroatoms. The van der Waals surface area contributed by atoms with Crippen molar-refractivity contribution in [2.75, 3.05) is 17.1 Å². The van der Waals surface area contributed by atoms with E-state index in [9.17, 15) is 13.2 Å². The Hall–Kier alpha value is -1.76. The zero-order valence-electron chi connectivity index (χ0n) is 10.2. The summed E-state index contributed by atoms with van der Waals surface area (Å²) in [6.45, 7) is -0.424. The van der Waals surface area contributed by atoms with Crippen molar-refractivity contribution in [2.24, 2.45) is 5.92 Å². The average Bonchev–Trinajstić information content (AvgIpc) is 3.10. The second-order valence-corrected chi connectivity index (χ2v) is 6.30. The van der Waals surface area contributed by atoms with E-state index < -0.39 is 22.6 Å². The normalized spacial score (nSPS) is 14.9. The number of sulfonamides is 1. The van der Waals surface area contributed by atoms with Gasteiger partial charge in [0.1, 0.15) is 5.75 Å². The van der Waals surface area contributed by atoms with Gasteiger partial charge in [-0.05, 0) is 43.0 Å². The van der Waals surface area contributed by atoms with Gasteiger partial charge >= 0.3 is 5.97 Å². The van der Waals surface area contributed by atoms with Gasteiger partial charge in [0.25, 0.3) is 0 Å². The van der Waals surface area contributed by atoms with E-state index in [1.165, 1.54) is 12.1 Å². The zero-order valence-corrected chi connectivity index (χ0v) is 11.0. The van der Waals surface area contributed by atoms with E-state index >= 15 is 0 Å². The topological polar surface area (TPSA) is 92.7 Å². The molecule has 2 N–H and O–H groups in total. The van der Waals surface area contributed by atoms with Crippen LogP contribution in [0, 0.1) is 5.92 Å². The van der Waals surface area contributed by atoms with Crippen molar-refractivity contribution in [3.05, 3.63) is 24.3 Å². The Morgan fingerprint density at radius 3 is 2.47 bits per heavy atom. The summed E-state index contributed by atoms with van der Waals surface area (Å²) in [6, 6.07) is 6.14. The molecule has 1 fully saturated rings. The molecule has 1 saturated carbocycles. The fourth-order valence-corrected chi connectivity index (χ4v) is 3.11. The van der Waals surface area contributed by atoms with Gasteiger partial charge < -0.3 is 9.84 Å². The molecule has 2 rings (SSSR count). The van der Waals surface area contributed by atoms with Gasteiger partial charge in [-0.1, -0.05) is 0 Å². The Balaban J connectivity index is 1.92. The Labute approximate surface area is 111 Å². The molecule has 1 aromatic rings. The highest BCUT2D eigenvalue weighted by Gasteiger charge is 2.27. The van der Waals surface area contributed by atoms with Crippen molar-refractivity contribution >= 4 is 21.7 Å². The van der Waals surface area contributed by atoms with Gasteiger partial charge in [-0.2, -0.15) is 0 Å². The molecule has 0 aromatic heterocycles. The summed E-state index contributed by atoms with van der Waals surface area (Å²) in [5.41, 5.74) is 0.448. The van der Waals surface area contributed by atoms with Gasteiger partial charge in [-0.15, -0.1) is 0 Å². The van der Waals surface area contributed by atoms with Gasteiger partial charge in [0.15, 0.2) is 6.61 Å². The summed E-state index contributed by atoms with van der Waals surface area (Å²) in [5, 5.41) is 8.46. The van der Waals surface area contributed by atoms with Crippen molar-refractivity contribution in [1.29, 1.82) is 0 Å².